The summed E-state index contributed by atoms with van der Waals surface area (Å²) in [5.74, 6) is -0.300. The Hall–Kier alpha value is -1.30. The average molecular weight is 299 g/mol. The van der Waals surface area contributed by atoms with Crippen molar-refractivity contribution in [2.75, 3.05) is 13.1 Å². The molecule has 1 aliphatic rings. The molecule has 6 heteroatoms. The van der Waals surface area contributed by atoms with Gasteiger partial charge in [-0.3, -0.25) is 4.79 Å². The fourth-order valence-corrected chi connectivity index (χ4v) is 2.12. The normalized spacial score (nSPS) is 21.7. The lowest BCUT2D eigenvalue weighted by atomic mass is 9.87. The number of amides is 2. The van der Waals surface area contributed by atoms with E-state index in [4.69, 9.17) is 10.5 Å². The Balaban J connectivity index is 2.57. The number of carbonyl (C=O) groups is 2. The average Bonchev–Trinajstić information content (AvgIpc) is 2.23. The molecule has 1 heterocycles. The van der Waals surface area contributed by atoms with Gasteiger partial charge < -0.3 is 20.7 Å². The number of hydrogen-bond acceptors (Lipinski definition) is 4. The zero-order chi connectivity index (χ0) is 16.4. The van der Waals surface area contributed by atoms with E-state index in [9.17, 15) is 9.59 Å². The molecular formula is C15H29N3O3. The van der Waals surface area contributed by atoms with E-state index in [0.717, 1.165) is 6.42 Å². The van der Waals surface area contributed by atoms with Crippen LogP contribution in [0.25, 0.3) is 0 Å². The van der Waals surface area contributed by atoms with E-state index in [-0.39, 0.29) is 24.0 Å². The minimum absolute atomic E-state index is 0.0530. The number of ether oxygens (including phenoxy) is 1. The second kappa shape index (κ2) is 6.22. The molecule has 0 aliphatic carbocycles. The Morgan fingerprint density at radius 3 is 2.24 bits per heavy atom. The Kier molecular flexibility index (Phi) is 5.25. The van der Waals surface area contributed by atoms with Crippen LogP contribution in [0.5, 0.6) is 0 Å². The number of nitrogens with two attached hydrogens (primary N) is 1. The van der Waals surface area contributed by atoms with Gasteiger partial charge in [0.15, 0.2) is 0 Å². The van der Waals surface area contributed by atoms with Crippen LogP contribution in [0.4, 0.5) is 4.79 Å². The summed E-state index contributed by atoms with van der Waals surface area (Å²) in [6.07, 6.45) is 0.602. The molecule has 122 valence electrons. The molecule has 0 aromatic rings. The van der Waals surface area contributed by atoms with E-state index in [1.807, 2.05) is 34.6 Å². The largest absolute Gasteiger partial charge is 0.444 e. The SMILES string of the molecule is CC(C)C(C)(NCC1CCN1C(=O)OC(C)(C)C)C(N)=O. The molecule has 1 aliphatic heterocycles. The van der Waals surface area contributed by atoms with Gasteiger partial charge in [-0.2, -0.15) is 0 Å². The van der Waals surface area contributed by atoms with Crippen molar-refractivity contribution in [2.45, 2.75) is 65.1 Å². The van der Waals surface area contributed by atoms with Gasteiger partial charge in [-0.1, -0.05) is 13.8 Å². The summed E-state index contributed by atoms with van der Waals surface area (Å²) in [5, 5.41) is 3.22. The lowest BCUT2D eigenvalue weighted by molar-refractivity contribution is -0.125. The van der Waals surface area contributed by atoms with Crippen LogP contribution in [0.3, 0.4) is 0 Å². The molecule has 3 N–H and O–H groups in total. The Labute approximate surface area is 127 Å². The monoisotopic (exact) mass is 299 g/mol. The molecule has 2 amide bonds. The van der Waals surface area contributed by atoms with Crippen molar-refractivity contribution < 1.29 is 14.3 Å². The highest BCUT2D eigenvalue weighted by atomic mass is 16.6. The van der Waals surface area contributed by atoms with E-state index in [1.165, 1.54) is 0 Å². The van der Waals surface area contributed by atoms with E-state index in [2.05, 4.69) is 5.32 Å². The predicted octanol–water partition coefficient (Wildman–Crippen LogP) is 1.49. The van der Waals surface area contributed by atoms with E-state index < -0.39 is 11.1 Å². The molecule has 1 rings (SSSR count). The first kappa shape index (κ1) is 17.8. The molecule has 0 bridgehead atoms. The number of primary amides is 1. The quantitative estimate of drug-likeness (QED) is 0.805. The van der Waals surface area contributed by atoms with Crippen molar-refractivity contribution >= 4 is 12.0 Å². The van der Waals surface area contributed by atoms with Crippen LogP contribution in [0.2, 0.25) is 0 Å². The van der Waals surface area contributed by atoms with Crippen LogP contribution in [0.15, 0.2) is 0 Å². The summed E-state index contributed by atoms with van der Waals surface area (Å²) in [5.41, 5.74) is 4.22. The van der Waals surface area contributed by atoms with Crippen LogP contribution >= 0.6 is 0 Å². The van der Waals surface area contributed by atoms with Crippen molar-refractivity contribution in [2.24, 2.45) is 11.7 Å². The highest BCUT2D eigenvalue weighted by Gasteiger charge is 2.39. The summed E-state index contributed by atoms with van der Waals surface area (Å²) in [4.78, 5) is 25.4. The van der Waals surface area contributed by atoms with E-state index in [0.29, 0.717) is 13.1 Å². The number of likely N-dealkylation sites (tertiary alicyclic amines) is 1. The third-order valence-electron chi connectivity index (χ3n) is 4.14. The van der Waals surface area contributed by atoms with Gasteiger partial charge in [0.2, 0.25) is 5.91 Å². The first-order valence-corrected chi connectivity index (χ1v) is 7.52. The summed E-state index contributed by atoms with van der Waals surface area (Å²) in [6.45, 7) is 12.5. The second-order valence-electron chi connectivity index (χ2n) is 7.22. The second-order valence-corrected chi connectivity index (χ2v) is 7.22. The number of rotatable bonds is 5. The van der Waals surface area contributed by atoms with Gasteiger partial charge in [0.25, 0.3) is 0 Å². The maximum atomic E-state index is 12.0. The van der Waals surface area contributed by atoms with Gasteiger partial charge >= 0.3 is 6.09 Å². The Morgan fingerprint density at radius 2 is 1.90 bits per heavy atom. The van der Waals surface area contributed by atoms with Gasteiger partial charge in [-0.05, 0) is 40.0 Å². The van der Waals surface area contributed by atoms with Gasteiger partial charge in [0.1, 0.15) is 5.60 Å². The Bertz CT molecular complexity index is 403. The Morgan fingerprint density at radius 1 is 1.33 bits per heavy atom. The molecule has 0 radical (unpaired) electrons. The molecular weight excluding hydrogens is 270 g/mol. The topological polar surface area (TPSA) is 84.7 Å². The highest BCUT2D eigenvalue weighted by Crippen LogP contribution is 2.22. The molecule has 1 saturated heterocycles. The molecule has 0 spiro atoms. The van der Waals surface area contributed by atoms with Gasteiger partial charge in [-0.25, -0.2) is 4.79 Å². The molecule has 0 saturated carbocycles. The first-order valence-electron chi connectivity index (χ1n) is 7.52. The standard InChI is InChI=1S/C15H29N3O3/c1-10(2)15(6,12(16)19)17-9-11-7-8-18(11)13(20)21-14(3,4)5/h10-11,17H,7-9H2,1-6H3,(H2,16,19). The van der Waals surface area contributed by atoms with E-state index >= 15 is 0 Å². The maximum absolute atomic E-state index is 12.0. The van der Waals surface area contributed by atoms with Crippen molar-refractivity contribution in [3.63, 3.8) is 0 Å². The first-order chi connectivity index (χ1) is 9.47. The zero-order valence-electron chi connectivity index (χ0n) is 14.0. The molecule has 6 nitrogen and oxygen atoms in total. The summed E-state index contributed by atoms with van der Waals surface area (Å²) in [6, 6.07) is 0.0530. The van der Waals surface area contributed by atoms with Crippen LogP contribution in [0.1, 0.15) is 48.0 Å². The van der Waals surface area contributed by atoms with Crippen molar-refractivity contribution in [1.82, 2.24) is 10.2 Å². The van der Waals surface area contributed by atoms with Crippen molar-refractivity contribution in [3.05, 3.63) is 0 Å². The van der Waals surface area contributed by atoms with Gasteiger partial charge in [0.05, 0.1) is 5.54 Å². The smallest absolute Gasteiger partial charge is 0.410 e. The maximum Gasteiger partial charge on any atom is 0.410 e. The lowest BCUT2D eigenvalue weighted by Crippen LogP contribution is -2.63. The number of nitrogens with one attached hydrogen (secondary N) is 1. The fourth-order valence-electron chi connectivity index (χ4n) is 2.12. The third-order valence-corrected chi connectivity index (χ3v) is 4.14. The summed E-state index contributed by atoms with van der Waals surface area (Å²) in [7, 11) is 0. The molecule has 0 aromatic carbocycles. The summed E-state index contributed by atoms with van der Waals surface area (Å²) >= 11 is 0. The minimum atomic E-state index is -0.769. The van der Waals surface area contributed by atoms with Crippen LogP contribution in [-0.4, -0.2) is 47.2 Å². The molecule has 21 heavy (non-hydrogen) atoms. The van der Waals surface area contributed by atoms with Crippen LogP contribution in [0, 0.1) is 5.92 Å². The highest BCUT2D eigenvalue weighted by molar-refractivity contribution is 5.84. The van der Waals surface area contributed by atoms with Gasteiger partial charge in [0, 0.05) is 19.1 Å². The van der Waals surface area contributed by atoms with Gasteiger partial charge in [-0.15, -0.1) is 0 Å². The molecule has 0 aromatic heterocycles. The summed E-state index contributed by atoms with van der Waals surface area (Å²) < 4.78 is 5.37. The molecule has 1 fully saturated rings. The molecule has 2 atom stereocenters. The predicted molar refractivity (Wildman–Crippen MR) is 81.8 cm³/mol. The number of hydrogen-bond donors (Lipinski definition) is 2. The fraction of sp³-hybridized carbons (Fsp3) is 0.867. The van der Waals surface area contributed by atoms with Crippen molar-refractivity contribution in [3.8, 4) is 0 Å². The van der Waals surface area contributed by atoms with Crippen LogP contribution in [-0.2, 0) is 9.53 Å². The molecule has 2 unspecified atom stereocenters. The minimum Gasteiger partial charge on any atom is -0.444 e. The van der Waals surface area contributed by atoms with E-state index in [1.54, 1.807) is 11.8 Å². The number of carbonyl (C=O) groups excluding carboxylic acids is 2. The zero-order valence-corrected chi connectivity index (χ0v) is 14.0. The van der Waals surface area contributed by atoms with Crippen molar-refractivity contribution in [1.29, 1.82) is 0 Å². The third kappa shape index (κ3) is 4.33. The lowest BCUT2D eigenvalue weighted by Gasteiger charge is -2.43. The number of nitrogens with zero attached hydrogens (tertiary/aromatic N) is 1. The van der Waals surface area contributed by atoms with Crippen LogP contribution < -0.4 is 11.1 Å².